The quantitative estimate of drug-likeness (QED) is 0.910. The molecule has 0 atom stereocenters. The molecule has 1 aliphatic rings. The molecule has 1 aromatic heterocycles. The second-order valence-electron chi connectivity index (χ2n) is 5.34. The van der Waals surface area contributed by atoms with Crippen LogP contribution in [0.25, 0.3) is 0 Å². The number of amides is 1. The summed E-state index contributed by atoms with van der Waals surface area (Å²) in [5, 5.41) is 12.7. The Kier molecular flexibility index (Phi) is 4.68. The molecule has 0 aliphatic heterocycles. The average molecular weight is 317 g/mol. The number of carbonyl (C=O) groups is 1. The molecule has 1 amide bonds. The van der Waals surface area contributed by atoms with E-state index in [2.05, 4.69) is 15.5 Å². The molecule has 0 saturated heterocycles. The van der Waals surface area contributed by atoms with Gasteiger partial charge in [0.25, 0.3) is 5.91 Å². The summed E-state index contributed by atoms with van der Waals surface area (Å²) in [6.45, 7) is 2.49. The van der Waals surface area contributed by atoms with Crippen LogP contribution in [0.3, 0.4) is 0 Å². The van der Waals surface area contributed by atoms with Crippen LogP contribution in [0.2, 0.25) is 0 Å². The topological polar surface area (TPSA) is 64.1 Å². The van der Waals surface area contributed by atoms with Crippen molar-refractivity contribution in [3.8, 4) is 5.75 Å². The van der Waals surface area contributed by atoms with Crippen LogP contribution < -0.4 is 10.1 Å². The molecule has 0 bridgehead atoms. The van der Waals surface area contributed by atoms with Gasteiger partial charge in [-0.1, -0.05) is 30.2 Å². The molecule has 1 heterocycles. The van der Waals surface area contributed by atoms with E-state index in [4.69, 9.17) is 4.74 Å². The minimum absolute atomic E-state index is 0.185. The highest BCUT2D eigenvalue weighted by Gasteiger charge is 2.21. The Morgan fingerprint density at radius 3 is 2.95 bits per heavy atom. The summed E-state index contributed by atoms with van der Waals surface area (Å²) in [4.78, 5) is 12.3. The highest BCUT2D eigenvalue weighted by Crippen LogP contribution is 2.36. The summed E-state index contributed by atoms with van der Waals surface area (Å²) in [7, 11) is 0. The number of nitrogens with zero attached hydrogens (tertiary/aromatic N) is 2. The summed E-state index contributed by atoms with van der Waals surface area (Å²) < 4.78 is 5.41. The Balaban J connectivity index is 1.67. The molecule has 5 nitrogen and oxygen atoms in total. The maximum Gasteiger partial charge on any atom is 0.257 e. The summed E-state index contributed by atoms with van der Waals surface area (Å²) in [6, 6.07) is 7.14. The smallest absolute Gasteiger partial charge is 0.257 e. The third kappa shape index (κ3) is 3.44. The van der Waals surface area contributed by atoms with Crippen molar-refractivity contribution < 1.29 is 9.53 Å². The molecule has 1 aromatic carbocycles. The van der Waals surface area contributed by atoms with Gasteiger partial charge in [-0.05, 0) is 38.0 Å². The van der Waals surface area contributed by atoms with E-state index in [9.17, 15) is 4.79 Å². The van der Waals surface area contributed by atoms with Crippen molar-refractivity contribution in [3.63, 3.8) is 0 Å². The Morgan fingerprint density at radius 1 is 1.36 bits per heavy atom. The SMILES string of the molecule is CCOc1cccc(C(=O)Nc2nnc(C3CCCC3)s2)c1. The number of anilines is 1. The largest absolute Gasteiger partial charge is 0.494 e. The lowest BCUT2D eigenvalue weighted by Gasteiger charge is -2.05. The number of ether oxygens (including phenoxy) is 1. The van der Waals surface area contributed by atoms with Gasteiger partial charge in [-0.2, -0.15) is 0 Å². The van der Waals surface area contributed by atoms with E-state index in [-0.39, 0.29) is 5.91 Å². The number of benzene rings is 1. The van der Waals surface area contributed by atoms with Crippen LogP contribution >= 0.6 is 11.3 Å². The van der Waals surface area contributed by atoms with Gasteiger partial charge in [0, 0.05) is 11.5 Å². The van der Waals surface area contributed by atoms with Gasteiger partial charge in [0.1, 0.15) is 10.8 Å². The first-order chi connectivity index (χ1) is 10.8. The molecule has 2 aromatic rings. The maximum atomic E-state index is 12.3. The molecule has 1 saturated carbocycles. The van der Waals surface area contributed by atoms with Crippen LogP contribution in [-0.4, -0.2) is 22.7 Å². The van der Waals surface area contributed by atoms with Gasteiger partial charge in [0.15, 0.2) is 0 Å². The van der Waals surface area contributed by atoms with Crippen LogP contribution in [0.4, 0.5) is 5.13 Å². The van der Waals surface area contributed by atoms with Gasteiger partial charge in [0.05, 0.1) is 6.61 Å². The zero-order valence-electron chi connectivity index (χ0n) is 12.5. The summed E-state index contributed by atoms with van der Waals surface area (Å²) in [6.07, 6.45) is 4.88. The van der Waals surface area contributed by atoms with Crippen LogP contribution in [0, 0.1) is 0 Å². The number of aromatic nitrogens is 2. The molecule has 3 rings (SSSR count). The molecule has 0 spiro atoms. The maximum absolute atomic E-state index is 12.3. The second kappa shape index (κ2) is 6.87. The highest BCUT2D eigenvalue weighted by atomic mass is 32.1. The summed E-state index contributed by atoms with van der Waals surface area (Å²) in [5.41, 5.74) is 0.559. The number of carbonyl (C=O) groups excluding carboxylic acids is 1. The molecule has 1 N–H and O–H groups in total. The highest BCUT2D eigenvalue weighted by molar-refractivity contribution is 7.15. The van der Waals surface area contributed by atoms with Crippen molar-refractivity contribution in [1.82, 2.24) is 10.2 Å². The minimum atomic E-state index is -0.185. The molecule has 22 heavy (non-hydrogen) atoms. The van der Waals surface area contributed by atoms with E-state index in [0.29, 0.717) is 29.0 Å². The van der Waals surface area contributed by atoms with Gasteiger partial charge < -0.3 is 4.74 Å². The van der Waals surface area contributed by atoms with Gasteiger partial charge in [-0.3, -0.25) is 10.1 Å². The Bertz CT molecular complexity index is 650. The van der Waals surface area contributed by atoms with E-state index >= 15 is 0 Å². The molecule has 0 radical (unpaired) electrons. The third-order valence-corrected chi connectivity index (χ3v) is 4.77. The first kappa shape index (κ1) is 15.0. The number of nitrogens with one attached hydrogen (secondary N) is 1. The monoisotopic (exact) mass is 317 g/mol. The number of hydrogen-bond donors (Lipinski definition) is 1. The van der Waals surface area contributed by atoms with Gasteiger partial charge >= 0.3 is 0 Å². The molecule has 1 fully saturated rings. The van der Waals surface area contributed by atoms with Crippen molar-refractivity contribution in [1.29, 1.82) is 0 Å². The lowest BCUT2D eigenvalue weighted by Crippen LogP contribution is -2.11. The second-order valence-corrected chi connectivity index (χ2v) is 6.35. The molecular formula is C16H19N3O2S. The first-order valence-corrected chi connectivity index (χ1v) is 8.45. The van der Waals surface area contributed by atoms with E-state index < -0.39 is 0 Å². The fraction of sp³-hybridized carbons (Fsp3) is 0.438. The van der Waals surface area contributed by atoms with Crippen molar-refractivity contribution >= 4 is 22.4 Å². The standard InChI is InChI=1S/C16H19N3O2S/c1-2-21-13-9-5-8-12(10-13)14(20)17-16-19-18-15(22-16)11-6-3-4-7-11/h5,8-11H,2-4,6-7H2,1H3,(H,17,19,20). The summed E-state index contributed by atoms with van der Waals surface area (Å²) in [5.74, 6) is 1.03. The summed E-state index contributed by atoms with van der Waals surface area (Å²) >= 11 is 1.48. The van der Waals surface area contributed by atoms with Crippen molar-refractivity contribution in [2.45, 2.75) is 38.5 Å². The number of hydrogen-bond acceptors (Lipinski definition) is 5. The predicted octanol–water partition coefficient (Wildman–Crippen LogP) is 3.85. The predicted molar refractivity (Wildman–Crippen MR) is 86.7 cm³/mol. The van der Waals surface area contributed by atoms with Crippen LogP contribution in [-0.2, 0) is 0 Å². The molecule has 116 valence electrons. The van der Waals surface area contributed by atoms with Crippen LogP contribution in [0.5, 0.6) is 5.75 Å². The molecule has 6 heteroatoms. The zero-order valence-corrected chi connectivity index (χ0v) is 13.4. The fourth-order valence-electron chi connectivity index (χ4n) is 2.69. The Labute approximate surface area is 133 Å². The zero-order chi connectivity index (χ0) is 15.4. The van der Waals surface area contributed by atoms with E-state index in [0.717, 1.165) is 5.01 Å². The van der Waals surface area contributed by atoms with Crippen LogP contribution in [0.15, 0.2) is 24.3 Å². The molecular weight excluding hydrogens is 298 g/mol. The molecule has 0 unspecified atom stereocenters. The molecule has 1 aliphatic carbocycles. The van der Waals surface area contributed by atoms with E-state index in [1.165, 1.54) is 37.0 Å². The normalized spacial score (nSPS) is 15.0. The van der Waals surface area contributed by atoms with E-state index in [1.807, 2.05) is 19.1 Å². The van der Waals surface area contributed by atoms with Crippen molar-refractivity contribution in [3.05, 3.63) is 34.8 Å². The van der Waals surface area contributed by atoms with Gasteiger partial charge in [-0.15, -0.1) is 10.2 Å². The van der Waals surface area contributed by atoms with Crippen molar-refractivity contribution in [2.75, 3.05) is 11.9 Å². The Hall–Kier alpha value is -1.95. The lowest BCUT2D eigenvalue weighted by molar-refractivity contribution is 0.102. The minimum Gasteiger partial charge on any atom is -0.494 e. The Morgan fingerprint density at radius 2 is 2.18 bits per heavy atom. The first-order valence-electron chi connectivity index (χ1n) is 7.64. The van der Waals surface area contributed by atoms with Crippen LogP contribution in [0.1, 0.15) is 53.9 Å². The fourth-order valence-corrected chi connectivity index (χ4v) is 3.59. The number of rotatable bonds is 5. The third-order valence-electron chi connectivity index (χ3n) is 3.77. The lowest BCUT2D eigenvalue weighted by atomic mass is 10.1. The average Bonchev–Trinajstić information content (AvgIpc) is 3.18. The van der Waals surface area contributed by atoms with E-state index in [1.54, 1.807) is 12.1 Å². The van der Waals surface area contributed by atoms with Gasteiger partial charge in [-0.25, -0.2) is 0 Å². The van der Waals surface area contributed by atoms with Crippen molar-refractivity contribution in [2.24, 2.45) is 0 Å². The van der Waals surface area contributed by atoms with Gasteiger partial charge in [0.2, 0.25) is 5.13 Å².